The molecule has 1 unspecified atom stereocenters. The molecule has 1 fully saturated rings. The van der Waals surface area contributed by atoms with Gasteiger partial charge in [-0.15, -0.1) is 0 Å². The van der Waals surface area contributed by atoms with Crippen LogP contribution in [0.15, 0.2) is 6.07 Å². The normalized spacial score (nSPS) is 21.6. The van der Waals surface area contributed by atoms with E-state index in [-0.39, 0.29) is 0 Å². The van der Waals surface area contributed by atoms with Crippen molar-refractivity contribution in [2.75, 3.05) is 5.43 Å². The van der Waals surface area contributed by atoms with Crippen LogP contribution < -0.4 is 11.3 Å². The Kier molecular flexibility index (Phi) is 3.08. The second-order valence-electron chi connectivity index (χ2n) is 6.09. The number of hydrazine groups is 1. The number of nitrogen functional groups attached to an aromatic ring is 1. The van der Waals surface area contributed by atoms with Gasteiger partial charge in [0.1, 0.15) is 11.6 Å². The van der Waals surface area contributed by atoms with E-state index in [1.165, 1.54) is 6.42 Å². The number of rotatable bonds is 4. The van der Waals surface area contributed by atoms with Gasteiger partial charge in [0.2, 0.25) is 0 Å². The Balaban J connectivity index is 2.26. The third-order valence-corrected chi connectivity index (χ3v) is 3.39. The highest BCUT2D eigenvalue weighted by atomic mass is 15.3. The van der Waals surface area contributed by atoms with Gasteiger partial charge >= 0.3 is 0 Å². The Morgan fingerprint density at radius 2 is 2.12 bits per heavy atom. The van der Waals surface area contributed by atoms with Crippen LogP contribution in [-0.2, 0) is 6.42 Å². The topological polar surface area (TPSA) is 63.8 Å². The summed E-state index contributed by atoms with van der Waals surface area (Å²) in [4.78, 5) is 9.14. The maximum absolute atomic E-state index is 5.47. The van der Waals surface area contributed by atoms with Crippen LogP contribution in [-0.4, -0.2) is 9.97 Å². The molecular formula is C13H22N4. The van der Waals surface area contributed by atoms with Crippen molar-refractivity contribution in [3.8, 4) is 0 Å². The predicted molar refractivity (Wildman–Crippen MR) is 69.5 cm³/mol. The van der Waals surface area contributed by atoms with E-state index >= 15 is 0 Å². The summed E-state index contributed by atoms with van der Waals surface area (Å²) in [5.74, 6) is 8.22. The molecule has 2 rings (SSSR count). The Labute approximate surface area is 103 Å². The van der Waals surface area contributed by atoms with E-state index in [1.54, 1.807) is 0 Å². The largest absolute Gasteiger partial charge is 0.308 e. The number of aromatic nitrogens is 2. The van der Waals surface area contributed by atoms with Crippen LogP contribution in [0.3, 0.4) is 0 Å². The van der Waals surface area contributed by atoms with E-state index in [1.807, 2.05) is 6.07 Å². The zero-order valence-corrected chi connectivity index (χ0v) is 11.1. The third kappa shape index (κ3) is 2.75. The highest BCUT2D eigenvalue weighted by molar-refractivity contribution is 5.36. The summed E-state index contributed by atoms with van der Waals surface area (Å²) >= 11 is 0. The van der Waals surface area contributed by atoms with E-state index in [0.29, 0.717) is 17.3 Å². The average molecular weight is 234 g/mol. The number of hydrogen-bond acceptors (Lipinski definition) is 4. The van der Waals surface area contributed by atoms with Crippen LogP contribution in [0.1, 0.15) is 51.6 Å². The first-order chi connectivity index (χ1) is 7.92. The first-order valence-electron chi connectivity index (χ1n) is 6.27. The summed E-state index contributed by atoms with van der Waals surface area (Å²) in [5, 5.41) is 0. The standard InChI is InChI=1S/C13H22N4/c1-8(2)5-9-6-11(17-14)16-12(15-9)10-7-13(10,3)4/h6,8,10H,5,7,14H2,1-4H3,(H,15,16,17). The first-order valence-corrected chi connectivity index (χ1v) is 6.27. The molecule has 0 amide bonds. The maximum Gasteiger partial charge on any atom is 0.143 e. The lowest BCUT2D eigenvalue weighted by Gasteiger charge is -2.10. The SMILES string of the molecule is CC(C)Cc1cc(NN)nc(C2CC2(C)C)n1. The van der Waals surface area contributed by atoms with Crippen LogP contribution >= 0.6 is 0 Å². The minimum Gasteiger partial charge on any atom is -0.308 e. The zero-order valence-electron chi connectivity index (χ0n) is 11.1. The van der Waals surface area contributed by atoms with Crippen molar-refractivity contribution in [1.82, 2.24) is 9.97 Å². The van der Waals surface area contributed by atoms with E-state index in [9.17, 15) is 0 Å². The molecule has 1 aromatic rings. The molecule has 0 saturated heterocycles. The highest BCUT2D eigenvalue weighted by Crippen LogP contribution is 2.57. The minimum absolute atomic E-state index is 0.350. The summed E-state index contributed by atoms with van der Waals surface area (Å²) in [5.41, 5.74) is 4.07. The first kappa shape index (κ1) is 12.3. The van der Waals surface area contributed by atoms with Gasteiger partial charge in [0, 0.05) is 17.7 Å². The minimum atomic E-state index is 0.350. The fourth-order valence-electron chi connectivity index (χ4n) is 2.18. The van der Waals surface area contributed by atoms with Gasteiger partial charge in [-0.25, -0.2) is 15.8 Å². The number of nitrogens with zero attached hydrogens (tertiary/aromatic N) is 2. The second-order valence-corrected chi connectivity index (χ2v) is 6.09. The summed E-state index contributed by atoms with van der Waals surface area (Å²) < 4.78 is 0. The average Bonchev–Trinajstić information content (AvgIpc) is 2.86. The molecule has 3 N–H and O–H groups in total. The Hall–Kier alpha value is -1.16. The molecule has 0 spiro atoms. The molecule has 1 aliphatic carbocycles. The molecule has 1 aromatic heterocycles. The molecule has 0 bridgehead atoms. The molecule has 4 heteroatoms. The summed E-state index contributed by atoms with van der Waals surface area (Å²) in [6.07, 6.45) is 2.14. The maximum atomic E-state index is 5.47. The van der Waals surface area contributed by atoms with Gasteiger partial charge in [0.05, 0.1) is 0 Å². The van der Waals surface area contributed by atoms with Crippen molar-refractivity contribution in [3.05, 3.63) is 17.6 Å². The third-order valence-electron chi connectivity index (χ3n) is 3.39. The molecule has 1 saturated carbocycles. The van der Waals surface area contributed by atoms with E-state index < -0.39 is 0 Å². The molecule has 0 aromatic carbocycles. The highest BCUT2D eigenvalue weighted by Gasteiger charge is 2.48. The number of anilines is 1. The van der Waals surface area contributed by atoms with Gasteiger partial charge in [0.15, 0.2) is 0 Å². The van der Waals surface area contributed by atoms with Crippen LogP contribution in [0.5, 0.6) is 0 Å². The lowest BCUT2D eigenvalue weighted by Crippen LogP contribution is -2.12. The summed E-state index contributed by atoms with van der Waals surface area (Å²) in [7, 11) is 0. The molecule has 0 aliphatic heterocycles. The van der Waals surface area contributed by atoms with Crippen molar-refractivity contribution in [2.45, 2.75) is 46.5 Å². The zero-order chi connectivity index (χ0) is 12.6. The van der Waals surface area contributed by atoms with Crippen molar-refractivity contribution >= 4 is 5.82 Å². The summed E-state index contributed by atoms with van der Waals surface area (Å²) in [6, 6.07) is 1.94. The Bertz CT molecular complexity index is 412. The monoisotopic (exact) mass is 234 g/mol. The van der Waals surface area contributed by atoms with Crippen molar-refractivity contribution in [3.63, 3.8) is 0 Å². The van der Waals surface area contributed by atoms with Crippen LogP contribution in [0.2, 0.25) is 0 Å². The van der Waals surface area contributed by atoms with E-state index in [4.69, 9.17) is 5.84 Å². The van der Waals surface area contributed by atoms with E-state index in [2.05, 4.69) is 43.1 Å². The van der Waals surface area contributed by atoms with Gasteiger partial charge in [-0.1, -0.05) is 27.7 Å². The molecule has 1 heterocycles. The van der Waals surface area contributed by atoms with Gasteiger partial charge in [-0.2, -0.15) is 0 Å². The van der Waals surface area contributed by atoms with Crippen LogP contribution in [0, 0.1) is 11.3 Å². The van der Waals surface area contributed by atoms with E-state index in [0.717, 1.165) is 23.8 Å². The predicted octanol–water partition coefficient (Wildman–Crippen LogP) is 2.47. The fourth-order valence-corrected chi connectivity index (χ4v) is 2.18. The molecule has 94 valence electrons. The van der Waals surface area contributed by atoms with Crippen molar-refractivity contribution < 1.29 is 0 Å². The fraction of sp³-hybridized carbons (Fsp3) is 0.692. The molecular weight excluding hydrogens is 212 g/mol. The second kappa shape index (κ2) is 4.26. The summed E-state index contributed by atoms with van der Waals surface area (Å²) in [6.45, 7) is 8.90. The van der Waals surface area contributed by atoms with Gasteiger partial charge < -0.3 is 5.43 Å². The van der Waals surface area contributed by atoms with Crippen molar-refractivity contribution in [1.29, 1.82) is 0 Å². The van der Waals surface area contributed by atoms with Crippen LogP contribution in [0.25, 0.3) is 0 Å². The number of nitrogens with two attached hydrogens (primary N) is 1. The quantitative estimate of drug-likeness (QED) is 0.620. The number of hydrogen-bond donors (Lipinski definition) is 2. The van der Waals surface area contributed by atoms with Gasteiger partial charge in [-0.3, -0.25) is 0 Å². The molecule has 17 heavy (non-hydrogen) atoms. The molecule has 1 atom stereocenters. The Morgan fingerprint density at radius 3 is 2.59 bits per heavy atom. The van der Waals surface area contributed by atoms with Crippen LogP contribution in [0.4, 0.5) is 5.82 Å². The lowest BCUT2D eigenvalue weighted by atomic mass is 10.1. The smallest absolute Gasteiger partial charge is 0.143 e. The molecule has 4 nitrogen and oxygen atoms in total. The molecule has 1 aliphatic rings. The lowest BCUT2D eigenvalue weighted by molar-refractivity contribution is 0.598. The Morgan fingerprint density at radius 1 is 1.47 bits per heavy atom. The number of nitrogens with one attached hydrogen (secondary N) is 1. The van der Waals surface area contributed by atoms with Gasteiger partial charge in [0.25, 0.3) is 0 Å². The molecule has 0 radical (unpaired) electrons. The van der Waals surface area contributed by atoms with Crippen molar-refractivity contribution in [2.24, 2.45) is 17.2 Å². The van der Waals surface area contributed by atoms with Gasteiger partial charge in [-0.05, 0) is 24.2 Å².